The maximum atomic E-state index is 12.1. The Morgan fingerprint density at radius 3 is 2.57 bits per heavy atom. The van der Waals surface area contributed by atoms with Crippen molar-refractivity contribution < 1.29 is 18.6 Å². The van der Waals surface area contributed by atoms with E-state index in [4.69, 9.17) is 18.6 Å². The van der Waals surface area contributed by atoms with E-state index < -0.39 is 0 Å². The molecule has 2 aliphatic rings. The van der Waals surface area contributed by atoms with Crippen LogP contribution in [0.2, 0.25) is 0 Å². The molecule has 0 atom stereocenters. The Morgan fingerprint density at radius 1 is 0.800 bits per heavy atom. The van der Waals surface area contributed by atoms with Crippen molar-refractivity contribution in [3.8, 4) is 28.4 Å². The molecule has 4 aromatic rings. The molecule has 0 bridgehead atoms. The Labute approximate surface area is 171 Å². The van der Waals surface area contributed by atoms with Gasteiger partial charge in [0.25, 0.3) is 0 Å². The number of hydrogen-bond acceptors (Lipinski definition) is 6. The Morgan fingerprint density at radius 2 is 1.67 bits per heavy atom. The largest absolute Gasteiger partial charge is 0.473 e. The monoisotopic (exact) mass is 399 g/mol. The first-order valence-electron chi connectivity index (χ1n) is 9.68. The fourth-order valence-electron chi connectivity index (χ4n) is 4.00. The molecule has 2 aliphatic heterocycles. The Bertz CT molecular complexity index is 1330. The predicted molar refractivity (Wildman–Crippen MR) is 112 cm³/mol. The molecule has 0 radical (unpaired) electrons. The van der Waals surface area contributed by atoms with E-state index in [9.17, 15) is 4.79 Å². The van der Waals surface area contributed by atoms with Gasteiger partial charge in [0, 0.05) is 41.4 Å². The summed E-state index contributed by atoms with van der Waals surface area (Å²) >= 11 is 0. The van der Waals surface area contributed by atoms with Crippen LogP contribution >= 0.6 is 0 Å². The van der Waals surface area contributed by atoms with Crippen LogP contribution in [0.4, 0.5) is 5.69 Å². The number of benzene rings is 3. The van der Waals surface area contributed by atoms with Gasteiger partial charge in [0.1, 0.15) is 11.3 Å². The maximum Gasteiger partial charge on any atom is 0.336 e. The van der Waals surface area contributed by atoms with Crippen molar-refractivity contribution in [3.05, 3.63) is 82.7 Å². The highest BCUT2D eigenvalue weighted by Gasteiger charge is 2.22. The van der Waals surface area contributed by atoms with Crippen LogP contribution in [-0.2, 0) is 6.54 Å². The molecule has 3 heterocycles. The van der Waals surface area contributed by atoms with E-state index in [1.54, 1.807) is 6.07 Å². The van der Waals surface area contributed by atoms with E-state index in [-0.39, 0.29) is 12.4 Å². The zero-order valence-corrected chi connectivity index (χ0v) is 16.0. The van der Waals surface area contributed by atoms with E-state index in [1.165, 1.54) is 0 Å². The van der Waals surface area contributed by atoms with Crippen LogP contribution in [-0.4, -0.2) is 13.5 Å². The molecule has 3 aromatic carbocycles. The third kappa shape index (κ3) is 2.76. The van der Waals surface area contributed by atoms with Gasteiger partial charge in [0.2, 0.25) is 6.79 Å². The van der Waals surface area contributed by atoms with Gasteiger partial charge in [-0.25, -0.2) is 4.79 Å². The molecule has 0 N–H and O–H groups in total. The lowest BCUT2D eigenvalue weighted by Crippen LogP contribution is -2.31. The molecule has 6 rings (SSSR count). The van der Waals surface area contributed by atoms with Gasteiger partial charge in [0.15, 0.2) is 18.2 Å². The molecule has 0 saturated heterocycles. The Kier molecular flexibility index (Phi) is 3.71. The highest BCUT2D eigenvalue weighted by atomic mass is 16.7. The average Bonchev–Trinajstić information content (AvgIpc) is 3.25. The third-order valence-corrected chi connectivity index (χ3v) is 5.47. The van der Waals surface area contributed by atoms with E-state index in [0.717, 1.165) is 45.0 Å². The third-order valence-electron chi connectivity index (χ3n) is 5.47. The minimum absolute atomic E-state index is 0.248. The molecule has 0 saturated carbocycles. The first-order valence-corrected chi connectivity index (χ1v) is 9.68. The topological polar surface area (TPSA) is 61.1 Å². The summed E-state index contributed by atoms with van der Waals surface area (Å²) in [5, 5.41) is 0.885. The highest BCUT2D eigenvalue weighted by Crippen LogP contribution is 2.39. The number of rotatable bonds is 2. The van der Waals surface area contributed by atoms with E-state index >= 15 is 0 Å². The number of anilines is 1. The SMILES string of the molecule is O=c1cc(-c2ccccc2)c2cc3c(cc2o1)OCN(c1ccc2c(c1)OCO2)C3. The molecular weight excluding hydrogens is 382 g/mol. The van der Waals surface area contributed by atoms with E-state index in [1.807, 2.05) is 54.6 Å². The second-order valence-electron chi connectivity index (χ2n) is 7.31. The fraction of sp³-hybridized carbons (Fsp3) is 0.125. The van der Waals surface area contributed by atoms with Crippen molar-refractivity contribution in [2.75, 3.05) is 18.4 Å². The van der Waals surface area contributed by atoms with Crippen molar-refractivity contribution in [2.45, 2.75) is 6.54 Å². The van der Waals surface area contributed by atoms with Gasteiger partial charge >= 0.3 is 5.63 Å². The summed E-state index contributed by atoms with van der Waals surface area (Å²) in [6.07, 6.45) is 0. The maximum absolute atomic E-state index is 12.1. The fourth-order valence-corrected chi connectivity index (χ4v) is 4.00. The molecular formula is C24H17NO5. The average molecular weight is 399 g/mol. The molecule has 30 heavy (non-hydrogen) atoms. The van der Waals surface area contributed by atoms with Gasteiger partial charge in [-0.15, -0.1) is 0 Å². The second-order valence-corrected chi connectivity index (χ2v) is 7.31. The van der Waals surface area contributed by atoms with E-state index in [2.05, 4.69) is 11.0 Å². The Hall–Kier alpha value is -3.93. The van der Waals surface area contributed by atoms with Crippen molar-refractivity contribution in [2.24, 2.45) is 0 Å². The quantitative estimate of drug-likeness (QED) is 0.461. The van der Waals surface area contributed by atoms with Crippen molar-refractivity contribution >= 4 is 16.7 Å². The zero-order valence-electron chi connectivity index (χ0n) is 16.0. The summed E-state index contributed by atoms with van der Waals surface area (Å²) in [6, 6.07) is 21.1. The molecule has 0 aliphatic carbocycles. The van der Waals surface area contributed by atoms with Gasteiger partial charge in [-0.1, -0.05) is 30.3 Å². The summed E-state index contributed by atoms with van der Waals surface area (Å²) in [5.74, 6) is 2.23. The predicted octanol–water partition coefficient (Wildman–Crippen LogP) is 4.55. The summed E-state index contributed by atoms with van der Waals surface area (Å²) in [7, 11) is 0. The van der Waals surface area contributed by atoms with Gasteiger partial charge < -0.3 is 23.5 Å². The molecule has 0 fully saturated rings. The van der Waals surface area contributed by atoms with Gasteiger partial charge in [-0.05, 0) is 29.3 Å². The highest BCUT2D eigenvalue weighted by molar-refractivity contribution is 5.94. The van der Waals surface area contributed by atoms with Crippen LogP contribution in [0.25, 0.3) is 22.1 Å². The normalized spacial score (nSPS) is 14.5. The summed E-state index contributed by atoms with van der Waals surface area (Å²) in [5.41, 5.74) is 3.99. The summed E-state index contributed by atoms with van der Waals surface area (Å²) in [6.45, 7) is 1.30. The molecule has 6 nitrogen and oxygen atoms in total. The second kappa shape index (κ2) is 6.56. The first-order chi connectivity index (χ1) is 14.7. The standard InChI is InChI=1S/C24H17NO5/c26-24-10-18(15-4-2-1-3-5-15)19-8-16-12-25(13-27-21(16)11-22(19)30-24)17-6-7-20-23(9-17)29-14-28-20/h1-11H,12-14H2. The van der Waals surface area contributed by atoms with Crippen LogP contribution in [0.5, 0.6) is 17.2 Å². The number of nitrogens with zero attached hydrogens (tertiary/aromatic N) is 1. The minimum atomic E-state index is -0.376. The molecule has 148 valence electrons. The Balaban J connectivity index is 1.43. The smallest absolute Gasteiger partial charge is 0.336 e. The van der Waals surface area contributed by atoms with Crippen LogP contribution < -0.4 is 24.7 Å². The van der Waals surface area contributed by atoms with Crippen LogP contribution in [0.3, 0.4) is 0 Å². The molecule has 0 unspecified atom stereocenters. The van der Waals surface area contributed by atoms with Crippen LogP contribution in [0, 0.1) is 0 Å². The first kappa shape index (κ1) is 17.0. The minimum Gasteiger partial charge on any atom is -0.473 e. The van der Waals surface area contributed by atoms with E-state index in [0.29, 0.717) is 18.9 Å². The number of hydrogen-bond donors (Lipinski definition) is 0. The van der Waals surface area contributed by atoms with Gasteiger partial charge in [0.05, 0.1) is 0 Å². The lowest BCUT2D eigenvalue weighted by atomic mass is 9.99. The van der Waals surface area contributed by atoms with Gasteiger partial charge in [-0.3, -0.25) is 0 Å². The number of fused-ring (bicyclic) bond motifs is 3. The molecule has 1 aromatic heterocycles. The van der Waals surface area contributed by atoms with Crippen LogP contribution in [0.15, 0.2) is 75.9 Å². The van der Waals surface area contributed by atoms with Crippen molar-refractivity contribution in [1.82, 2.24) is 0 Å². The molecule has 0 spiro atoms. The van der Waals surface area contributed by atoms with Crippen molar-refractivity contribution in [3.63, 3.8) is 0 Å². The van der Waals surface area contributed by atoms with Crippen LogP contribution in [0.1, 0.15) is 5.56 Å². The van der Waals surface area contributed by atoms with Gasteiger partial charge in [-0.2, -0.15) is 0 Å². The zero-order chi connectivity index (χ0) is 20.1. The molecule has 6 heteroatoms. The lowest BCUT2D eigenvalue weighted by Gasteiger charge is -2.31. The summed E-state index contributed by atoms with van der Waals surface area (Å²) in [4.78, 5) is 14.3. The number of ether oxygens (including phenoxy) is 3. The lowest BCUT2D eigenvalue weighted by molar-refractivity contribution is 0.174. The van der Waals surface area contributed by atoms with Crippen molar-refractivity contribution in [1.29, 1.82) is 0 Å². The summed E-state index contributed by atoms with van der Waals surface area (Å²) < 4.78 is 22.4. The molecule has 0 amide bonds.